The predicted molar refractivity (Wildman–Crippen MR) is 103 cm³/mol. The average Bonchev–Trinajstić information content (AvgIpc) is 2.62. The van der Waals surface area contributed by atoms with E-state index in [-0.39, 0.29) is 12.5 Å². The number of rotatable bonds is 8. The number of ether oxygens (including phenoxy) is 1. The number of nitrogens with zero attached hydrogens (tertiary/aromatic N) is 1. The fourth-order valence-corrected chi connectivity index (χ4v) is 2.67. The van der Waals surface area contributed by atoms with Crippen molar-refractivity contribution in [2.24, 2.45) is 0 Å². The first kappa shape index (κ1) is 18.8. The summed E-state index contributed by atoms with van der Waals surface area (Å²) < 4.78 is 5.63. The minimum Gasteiger partial charge on any atom is -0.483 e. The lowest BCUT2D eigenvalue weighted by atomic mass is 10.1. The summed E-state index contributed by atoms with van der Waals surface area (Å²) in [5.41, 5.74) is 4.44. The fraction of sp³-hybridized carbons (Fsp3) is 0.381. The first-order valence-corrected chi connectivity index (χ1v) is 8.84. The fourth-order valence-electron chi connectivity index (χ4n) is 2.67. The highest BCUT2D eigenvalue weighted by atomic mass is 16.5. The topological polar surface area (TPSA) is 41.6 Å². The van der Waals surface area contributed by atoms with Crippen LogP contribution in [0, 0.1) is 13.8 Å². The third-order valence-electron chi connectivity index (χ3n) is 4.26. The van der Waals surface area contributed by atoms with Crippen LogP contribution in [0.4, 0.5) is 5.69 Å². The molecule has 0 aliphatic rings. The predicted octanol–water partition coefficient (Wildman–Crippen LogP) is 3.84. The molecule has 25 heavy (non-hydrogen) atoms. The molecule has 0 bridgehead atoms. The molecular formula is C21H28N2O2. The van der Waals surface area contributed by atoms with Crippen molar-refractivity contribution in [2.75, 3.05) is 24.6 Å². The molecule has 0 aliphatic carbocycles. The van der Waals surface area contributed by atoms with Gasteiger partial charge in [-0.1, -0.05) is 24.3 Å². The van der Waals surface area contributed by atoms with E-state index in [1.54, 1.807) is 0 Å². The number of amides is 1. The van der Waals surface area contributed by atoms with E-state index in [0.29, 0.717) is 6.54 Å². The van der Waals surface area contributed by atoms with Gasteiger partial charge in [0.1, 0.15) is 5.75 Å². The van der Waals surface area contributed by atoms with Crippen LogP contribution in [0.15, 0.2) is 42.5 Å². The summed E-state index contributed by atoms with van der Waals surface area (Å²) in [7, 11) is 0. The highest BCUT2D eigenvalue weighted by Gasteiger charge is 2.06. The Morgan fingerprint density at radius 3 is 2.36 bits per heavy atom. The van der Waals surface area contributed by atoms with Gasteiger partial charge in [0.25, 0.3) is 5.91 Å². The van der Waals surface area contributed by atoms with Gasteiger partial charge in [0.15, 0.2) is 6.61 Å². The van der Waals surface area contributed by atoms with Gasteiger partial charge in [0.2, 0.25) is 0 Å². The van der Waals surface area contributed by atoms with Crippen LogP contribution in [0.3, 0.4) is 0 Å². The van der Waals surface area contributed by atoms with Crippen LogP contribution in [0.5, 0.6) is 5.75 Å². The van der Waals surface area contributed by atoms with Gasteiger partial charge in [-0.15, -0.1) is 0 Å². The zero-order valence-electron chi connectivity index (χ0n) is 15.6. The zero-order chi connectivity index (χ0) is 18.2. The molecule has 0 fully saturated rings. The second kappa shape index (κ2) is 9.11. The van der Waals surface area contributed by atoms with Gasteiger partial charge in [0, 0.05) is 25.3 Å². The number of carbonyl (C=O) groups excluding carboxylic acids is 1. The Labute approximate surface area is 150 Å². The summed E-state index contributed by atoms with van der Waals surface area (Å²) >= 11 is 0. The van der Waals surface area contributed by atoms with Crippen molar-refractivity contribution in [3.63, 3.8) is 0 Å². The molecule has 0 heterocycles. The molecule has 0 saturated carbocycles. The number of carbonyl (C=O) groups is 1. The van der Waals surface area contributed by atoms with Gasteiger partial charge in [-0.3, -0.25) is 4.79 Å². The first-order chi connectivity index (χ1) is 12.0. The molecule has 1 amide bonds. The van der Waals surface area contributed by atoms with Gasteiger partial charge in [-0.05, 0) is 62.6 Å². The SMILES string of the molecule is CCN(CC)c1ccc(CNC(=O)COc2cc(C)ccc2C)cc1. The number of hydrogen-bond donors (Lipinski definition) is 1. The average molecular weight is 340 g/mol. The second-order valence-electron chi connectivity index (χ2n) is 6.17. The standard InChI is InChI=1S/C21H28N2O2/c1-5-23(6-2)19-11-9-18(10-12-19)14-22-21(24)15-25-20-13-16(3)7-8-17(20)4/h7-13H,5-6,14-15H2,1-4H3,(H,22,24). The van der Waals surface area contributed by atoms with Gasteiger partial charge in [-0.2, -0.15) is 0 Å². The molecule has 0 aliphatic heterocycles. The summed E-state index contributed by atoms with van der Waals surface area (Å²) in [5, 5.41) is 2.90. The normalized spacial score (nSPS) is 10.4. The van der Waals surface area contributed by atoms with Crippen molar-refractivity contribution < 1.29 is 9.53 Å². The Bertz CT molecular complexity index is 692. The van der Waals surface area contributed by atoms with Crippen molar-refractivity contribution in [2.45, 2.75) is 34.2 Å². The van der Waals surface area contributed by atoms with Crippen molar-refractivity contribution in [1.29, 1.82) is 0 Å². The summed E-state index contributed by atoms with van der Waals surface area (Å²) in [6.07, 6.45) is 0. The van der Waals surface area contributed by atoms with Crippen LogP contribution in [-0.2, 0) is 11.3 Å². The van der Waals surface area contributed by atoms with Crippen LogP contribution < -0.4 is 15.0 Å². The molecule has 2 aromatic carbocycles. The number of benzene rings is 2. The third-order valence-corrected chi connectivity index (χ3v) is 4.26. The molecule has 0 unspecified atom stereocenters. The maximum absolute atomic E-state index is 12.0. The van der Waals surface area contributed by atoms with E-state index in [1.165, 1.54) is 5.69 Å². The van der Waals surface area contributed by atoms with E-state index in [0.717, 1.165) is 35.5 Å². The maximum atomic E-state index is 12.0. The molecule has 0 atom stereocenters. The third kappa shape index (κ3) is 5.52. The van der Waals surface area contributed by atoms with Crippen LogP contribution in [-0.4, -0.2) is 25.6 Å². The highest BCUT2D eigenvalue weighted by Crippen LogP contribution is 2.19. The summed E-state index contributed by atoms with van der Waals surface area (Å²) in [6, 6.07) is 14.3. The summed E-state index contributed by atoms with van der Waals surface area (Å²) in [6.45, 7) is 10.8. The van der Waals surface area contributed by atoms with Gasteiger partial charge in [0.05, 0.1) is 0 Å². The number of hydrogen-bond acceptors (Lipinski definition) is 3. The minimum atomic E-state index is -0.117. The van der Waals surface area contributed by atoms with Gasteiger partial charge < -0.3 is 15.0 Å². The Morgan fingerprint density at radius 1 is 1.04 bits per heavy atom. The van der Waals surface area contributed by atoms with E-state index in [9.17, 15) is 4.79 Å². The minimum absolute atomic E-state index is 0.0296. The second-order valence-corrected chi connectivity index (χ2v) is 6.17. The number of aryl methyl sites for hydroxylation is 2. The smallest absolute Gasteiger partial charge is 0.258 e. The van der Waals surface area contributed by atoms with E-state index < -0.39 is 0 Å². The molecule has 0 radical (unpaired) electrons. The first-order valence-electron chi connectivity index (χ1n) is 8.84. The van der Waals surface area contributed by atoms with Gasteiger partial charge >= 0.3 is 0 Å². The summed E-state index contributed by atoms with van der Waals surface area (Å²) in [5.74, 6) is 0.646. The molecule has 2 aromatic rings. The van der Waals surface area contributed by atoms with E-state index >= 15 is 0 Å². The van der Waals surface area contributed by atoms with E-state index in [4.69, 9.17) is 4.74 Å². The Hall–Kier alpha value is -2.49. The molecule has 134 valence electrons. The molecule has 4 heteroatoms. The van der Waals surface area contributed by atoms with Crippen molar-refractivity contribution in [3.05, 3.63) is 59.2 Å². The van der Waals surface area contributed by atoms with Crippen LogP contribution in [0.25, 0.3) is 0 Å². The number of anilines is 1. The molecule has 0 aromatic heterocycles. The lowest BCUT2D eigenvalue weighted by Gasteiger charge is -2.21. The van der Waals surface area contributed by atoms with Crippen molar-refractivity contribution >= 4 is 11.6 Å². The lowest BCUT2D eigenvalue weighted by molar-refractivity contribution is -0.123. The van der Waals surface area contributed by atoms with Crippen LogP contribution in [0.1, 0.15) is 30.5 Å². The number of nitrogens with one attached hydrogen (secondary N) is 1. The lowest BCUT2D eigenvalue weighted by Crippen LogP contribution is -2.28. The Balaban J connectivity index is 1.82. The van der Waals surface area contributed by atoms with E-state index in [1.807, 2.05) is 32.0 Å². The highest BCUT2D eigenvalue weighted by molar-refractivity contribution is 5.77. The molecule has 2 rings (SSSR count). The molecule has 1 N–H and O–H groups in total. The van der Waals surface area contributed by atoms with Crippen LogP contribution >= 0.6 is 0 Å². The monoisotopic (exact) mass is 340 g/mol. The van der Waals surface area contributed by atoms with E-state index in [2.05, 4.69) is 48.3 Å². The maximum Gasteiger partial charge on any atom is 0.258 e. The Morgan fingerprint density at radius 2 is 1.72 bits per heavy atom. The summed E-state index contributed by atoms with van der Waals surface area (Å²) in [4.78, 5) is 14.3. The molecule has 4 nitrogen and oxygen atoms in total. The van der Waals surface area contributed by atoms with Gasteiger partial charge in [-0.25, -0.2) is 0 Å². The molecule has 0 spiro atoms. The van der Waals surface area contributed by atoms with Crippen molar-refractivity contribution in [1.82, 2.24) is 5.32 Å². The Kier molecular flexibility index (Phi) is 6.87. The zero-order valence-corrected chi connectivity index (χ0v) is 15.6. The van der Waals surface area contributed by atoms with Crippen molar-refractivity contribution in [3.8, 4) is 5.75 Å². The quantitative estimate of drug-likeness (QED) is 0.794. The largest absolute Gasteiger partial charge is 0.483 e. The van der Waals surface area contributed by atoms with Crippen LogP contribution in [0.2, 0.25) is 0 Å². The molecule has 0 saturated heterocycles. The molecular weight excluding hydrogens is 312 g/mol.